The predicted molar refractivity (Wildman–Crippen MR) is 133 cm³/mol. The molecule has 0 saturated carbocycles. The number of benzene rings is 2. The second-order valence-corrected chi connectivity index (χ2v) is 10.2. The Balaban J connectivity index is 1.59. The molecule has 1 fully saturated rings. The van der Waals surface area contributed by atoms with Gasteiger partial charge < -0.3 is 23.8 Å². The molecule has 2 aromatic rings. The monoisotopic (exact) mass is 557 g/mol. The van der Waals surface area contributed by atoms with Gasteiger partial charge in [0.05, 0.1) is 6.61 Å². The summed E-state index contributed by atoms with van der Waals surface area (Å²) in [6.45, 7) is 7.82. The molecule has 1 heterocycles. The van der Waals surface area contributed by atoms with E-state index < -0.39 is 29.6 Å². The first-order valence-corrected chi connectivity index (χ1v) is 12.7. The number of hydrogen-bond donors (Lipinski definition) is 0. The highest BCUT2D eigenvalue weighted by molar-refractivity contribution is 7.94. The molecule has 0 N–H and O–H groups in total. The molecule has 0 radical (unpaired) electrons. The van der Waals surface area contributed by atoms with E-state index in [1.165, 1.54) is 12.1 Å². The number of esters is 1. The van der Waals surface area contributed by atoms with Crippen LogP contribution in [0.15, 0.2) is 53.4 Å². The van der Waals surface area contributed by atoms with Gasteiger partial charge in [0.2, 0.25) is 0 Å². The first kappa shape index (κ1) is 29.4. The normalized spacial score (nSPS) is 15.5. The molecule has 8 nitrogen and oxygen atoms in total. The minimum absolute atomic E-state index is 0.194. The number of ether oxygens (including phenoxy) is 4. The summed E-state index contributed by atoms with van der Waals surface area (Å²) in [5, 5.41) is 0. The third-order valence-electron chi connectivity index (χ3n) is 5.28. The van der Waals surface area contributed by atoms with Gasteiger partial charge in [-0.3, -0.25) is 4.18 Å². The standard InChI is InChI=1S/C26H30F3NO7S/c1-5-33-22(31)25(14-16-30(17-15-25)23(32)36-24(2,3)4)37-38-21-12-10-19(11-13-21)34-18-6-8-20(9-7-18)35-26(27,28)29/h6-13H,5,14-17H2,1-4H3. The summed E-state index contributed by atoms with van der Waals surface area (Å²) in [6.07, 6.45) is -4.72. The maximum Gasteiger partial charge on any atom is 0.573 e. The summed E-state index contributed by atoms with van der Waals surface area (Å²) >= 11 is 1.01. The lowest BCUT2D eigenvalue weighted by molar-refractivity contribution is -0.274. The van der Waals surface area contributed by atoms with Crippen LogP contribution in [0.4, 0.5) is 18.0 Å². The zero-order chi connectivity index (χ0) is 28.0. The molecular formula is C26H30F3NO7S. The van der Waals surface area contributed by atoms with Gasteiger partial charge in [0.15, 0.2) is 5.60 Å². The fourth-order valence-corrected chi connectivity index (χ4v) is 4.24. The molecule has 208 valence electrons. The molecule has 0 unspecified atom stereocenters. The quantitative estimate of drug-likeness (QED) is 0.261. The van der Waals surface area contributed by atoms with Crippen LogP contribution < -0.4 is 9.47 Å². The van der Waals surface area contributed by atoms with E-state index in [-0.39, 0.29) is 38.3 Å². The first-order valence-electron chi connectivity index (χ1n) is 11.9. The van der Waals surface area contributed by atoms with Crippen LogP contribution >= 0.6 is 12.0 Å². The molecule has 0 aromatic heterocycles. The third-order valence-corrected chi connectivity index (χ3v) is 6.15. The molecule has 0 spiro atoms. The molecule has 0 aliphatic carbocycles. The Bertz CT molecular complexity index is 1080. The van der Waals surface area contributed by atoms with Gasteiger partial charge >= 0.3 is 18.4 Å². The highest BCUT2D eigenvalue weighted by atomic mass is 32.2. The first-order chi connectivity index (χ1) is 17.8. The Labute approximate surface area is 223 Å². The fraction of sp³-hybridized carbons (Fsp3) is 0.462. The van der Waals surface area contributed by atoms with Crippen molar-refractivity contribution in [2.45, 2.75) is 63.0 Å². The molecule has 1 saturated heterocycles. The van der Waals surface area contributed by atoms with Crippen LogP contribution in [0, 0.1) is 0 Å². The number of hydrogen-bond acceptors (Lipinski definition) is 8. The number of amides is 1. The second kappa shape index (κ2) is 12.2. The van der Waals surface area contributed by atoms with Gasteiger partial charge in [0, 0.05) is 42.9 Å². The van der Waals surface area contributed by atoms with Gasteiger partial charge in [-0.25, -0.2) is 9.59 Å². The van der Waals surface area contributed by atoms with Gasteiger partial charge in [0.25, 0.3) is 0 Å². The van der Waals surface area contributed by atoms with Crippen molar-refractivity contribution in [1.82, 2.24) is 4.90 Å². The smallest absolute Gasteiger partial charge is 0.464 e. The predicted octanol–water partition coefficient (Wildman–Crippen LogP) is 6.73. The molecule has 0 atom stereocenters. The van der Waals surface area contributed by atoms with Crippen LogP contribution in [0.5, 0.6) is 17.2 Å². The van der Waals surface area contributed by atoms with E-state index >= 15 is 0 Å². The molecule has 2 aromatic carbocycles. The van der Waals surface area contributed by atoms with Crippen molar-refractivity contribution in [1.29, 1.82) is 0 Å². The Kier molecular flexibility index (Phi) is 9.42. The summed E-state index contributed by atoms with van der Waals surface area (Å²) in [5.74, 6) is -0.0609. The average molecular weight is 558 g/mol. The molecule has 12 heteroatoms. The zero-order valence-corrected chi connectivity index (χ0v) is 22.3. The molecule has 1 amide bonds. The van der Waals surface area contributed by atoms with Crippen molar-refractivity contribution in [3.63, 3.8) is 0 Å². The number of nitrogens with zero attached hydrogens (tertiary/aromatic N) is 1. The summed E-state index contributed by atoms with van der Waals surface area (Å²) < 4.78 is 63.1. The maximum atomic E-state index is 12.8. The van der Waals surface area contributed by atoms with Gasteiger partial charge in [-0.1, -0.05) is 0 Å². The lowest BCUT2D eigenvalue weighted by Crippen LogP contribution is -2.53. The van der Waals surface area contributed by atoms with Crippen molar-refractivity contribution >= 4 is 24.1 Å². The third kappa shape index (κ3) is 8.73. The van der Waals surface area contributed by atoms with Gasteiger partial charge in [-0.05, 0) is 76.2 Å². The minimum Gasteiger partial charge on any atom is -0.464 e. The maximum absolute atomic E-state index is 12.8. The van der Waals surface area contributed by atoms with Crippen LogP contribution in [0.1, 0.15) is 40.5 Å². The Morgan fingerprint density at radius 3 is 1.95 bits per heavy atom. The summed E-state index contributed by atoms with van der Waals surface area (Å²) in [5.41, 5.74) is -1.85. The summed E-state index contributed by atoms with van der Waals surface area (Å²) in [6, 6.07) is 11.8. The number of carbonyl (C=O) groups is 2. The lowest BCUT2D eigenvalue weighted by atomic mass is 9.92. The van der Waals surface area contributed by atoms with E-state index in [0.717, 1.165) is 24.2 Å². The largest absolute Gasteiger partial charge is 0.573 e. The number of piperidine rings is 1. The molecule has 38 heavy (non-hydrogen) atoms. The van der Waals surface area contributed by atoms with E-state index in [2.05, 4.69) is 4.74 Å². The summed E-state index contributed by atoms with van der Waals surface area (Å²) in [4.78, 5) is 27.5. The topological polar surface area (TPSA) is 83.5 Å². The van der Waals surface area contributed by atoms with E-state index in [1.54, 1.807) is 56.9 Å². The van der Waals surface area contributed by atoms with Gasteiger partial charge in [0.1, 0.15) is 22.8 Å². The molecule has 0 bridgehead atoms. The van der Waals surface area contributed by atoms with Crippen molar-refractivity contribution in [3.8, 4) is 17.2 Å². The molecular weight excluding hydrogens is 527 g/mol. The SMILES string of the molecule is CCOC(=O)C1(OSc2ccc(Oc3ccc(OC(F)(F)F)cc3)cc2)CCN(C(=O)OC(C)(C)C)CC1. The Hall–Kier alpha value is -3.12. The van der Waals surface area contributed by atoms with Crippen LogP contribution in [0.3, 0.4) is 0 Å². The van der Waals surface area contributed by atoms with Gasteiger partial charge in [-0.2, -0.15) is 0 Å². The van der Waals surface area contributed by atoms with E-state index in [9.17, 15) is 22.8 Å². The second-order valence-electron chi connectivity index (χ2n) is 9.44. The highest BCUT2D eigenvalue weighted by Crippen LogP contribution is 2.36. The van der Waals surface area contributed by atoms with Crippen molar-refractivity contribution < 1.29 is 45.9 Å². The number of likely N-dealkylation sites (tertiary alicyclic amines) is 1. The highest BCUT2D eigenvalue weighted by Gasteiger charge is 2.46. The van der Waals surface area contributed by atoms with Crippen molar-refractivity contribution in [3.05, 3.63) is 48.5 Å². The lowest BCUT2D eigenvalue weighted by Gasteiger charge is -2.39. The zero-order valence-electron chi connectivity index (χ0n) is 21.5. The van der Waals surface area contributed by atoms with Crippen LogP contribution in [-0.4, -0.2) is 54.2 Å². The molecule has 3 rings (SSSR count). The minimum atomic E-state index is -4.76. The van der Waals surface area contributed by atoms with Crippen LogP contribution in [0.2, 0.25) is 0 Å². The number of carbonyl (C=O) groups excluding carboxylic acids is 2. The van der Waals surface area contributed by atoms with E-state index in [4.69, 9.17) is 18.4 Å². The number of halogens is 3. The van der Waals surface area contributed by atoms with E-state index in [1.807, 2.05) is 0 Å². The average Bonchev–Trinajstić information content (AvgIpc) is 2.83. The van der Waals surface area contributed by atoms with E-state index in [0.29, 0.717) is 16.4 Å². The molecule has 1 aliphatic rings. The van der Waals surface area contributed by atoms with Gasteiger partial charge in [-0.15, -0.1) is 13.2 Å². The number of rotatable bonds is 8. The van der Waals surface area contributed by atoms with Crippen LogP contribution in [-0.2, 0) is 18.5 Å². The fourth-order valence-electron chi connectivity index (χ4n) is 3.50. The summed E-state index contributed by atoms with van der Waals surface area (Å²) in [7, 11) is 0. The van der Waals surface area contributed by atoms with Crippen molar-refractivity contribution in [2.24, 2.45) is 0 Å². The number of alkyl halides is 3. The Morgan fingerprint density at radius 1 is 0.921 bits per heavy atom. The van der Waals surface area contributed by atoms with Crippen molar-refractivity contribution in [2.75, 3.05) is 19.7 Å². The Morgan fingerprint density at radius 2 is 1.45 bits per heavy atom. The van der Waals surface area contributed by atoms with Crippen LogP contribution in [0.25, 0.3) is 0 Å². The molecule has 1 aliphatic heterocycles.